The zero-order valence-corrected chi connectivity index (χ0v) is 20.9. The quantitative estimate of drug-likeness (QED) is 0.329. The van der Waals surface area contributed by atoms with Crippen molar-refractivity contribution >= 4 is 10.0 Å². The van der Waals surface area contributed by atoms with Crippen LogP contribution in [-0.2, 0) is 27.6 Å². The second kappa shape index (κ2) is 15.1. The molecular formula is C26H40N2O4S. The van der Waals surface area contributed by atoms with Crippen LogP contribution in [0, 0.1) is 0 Å². The average Bonchev–Trinajstić information content (AvgIpc) is 2.80. The molecule has 2 aromatic rings. The fraction of sp³-hybridized carbons (Fsp3) is 0.538. The Bertz CT molecular complexity index is 904. The van der Waals surface area contributed by atoms with Crippen LogP contribution in [0.25, 0.3) is 0 Å². The van der Waals surface area contributed by atoms with Gasteiger partial charge in [0.2, 0.25) is 10.0 Å². The maximum Gasteiger partial charge on any atom is 0.241 e. The van der Waals surface area contributed by atoms with E-state index in [-0.39, 0.29) is 16.7 Å². The zero-order valence-electron chi connectivity index (χ0n) is 20.1. The molecule has 0 aliphatic carbocycles. The number of primary sulfonamides is 1. The van der Waals surface area contributed by atoms with E-state index in [1.807, 2.05) is 6.07 Å². The van der Waals surface area contributed by atoms with E-state index in [9.17, 15) is 8.42 Å². The van der Waals surface area contributed by atoms with Crippen molar-refractivity contribution in [2.45, 2.75) is 69.2 Å². The minimum Gasteiger partial charge on any atom is -0.495 e. The van der Waals surface area contributed by atoms with Gasteiger partial charge in [-0.1, -0.05) is 49.2 Å². The molecule has 2 aromatic carbocycles. The van der Waals surface area contributed by atoms with Crippen LogP contribution in [0.1, 0.15) is 56.6 Å². The molecule has 184 valence electrons. The van der Waals surface area contributed by atoms with Gasteiger partial charge in [-0.3, -0.25) is 0 Å². The molecule has 0 radical (unpaired) electrons. The molecule has 0 aromatic heterocycles. The maximum atomic E-state index is 11.8. The maximum absolute atomic E-state index is 11.8. The molecule has 0 saturated carbocycles. The first-order chi connectivity index (χ1) is 15.9. The number of nitrogens with one attached hydrogen (secondary N) is 1. The van der Waals surface area contributed by atoms with Crippen LogP contribution in [0.3, 0.4) is 0 Å². The summed E-state index contributed by atoms with van der Waals surface area (Å²) >= 11 is 0. The van der Waals surface area contributed by atoms with Crippen LogP contribution in [-0.4, -0.2) is 41.3 Å². The van der Waals surface area contributed by atoms with Gasteiger partial charge in [-0.25, -0.2) is 13.6 Å². The van der Waals surface area contributed by atoms with Gasteiger partial charge >= 0.3 is 0 Å². The van der Waals surface area contributed by atoms with Crippen molar-refractivity contribution in [3.8, 4) is 5.75 Å². The van der Waals surface area contributed by atoms with Crippen molar-refractivity contribution in [2.24, 2.45) is 5.14 Å². The summed E-state index contributed by atoms with van der Waals surface area (Å²) in [5.41, 5.74) is 2.32. The van der Waals surface area contributed by atoms with E-state index in [4.69, 9.17) is 14.6 Å². The molecule has 7 heteroatoms. The molecule has 0 aliphatic heterocycles. The Morgan fingerprint density at radius 1 is 0.909 bits per heavy atom. The molecule has 0 amide bonds. The Labute approximate surface area is 199 Å². The molecular weight excluding hydrogens is 436 g/mol. The fourth-order valence-electron chi connectivity index (χ4n) is 3.81. The van der Waals surface area contributed by atoms with Crippen molar-refractivity contribution in [1.82, 2.24) is 5.32 Å². The Balaban J connectivity index is 1.48. The van der Waals surface area contributed by atoms with Gasteiger partial charge in [-0.15, -0.1) is 0 Å². The third kappa shape index (κ3) is 11.2. The number of hydrogen-bond donors (Lipinski definition) is 2. The van der Waals surface area contributed by atoms with Crippen LogP contribution in [0.5, 0.6) is 5.75 Å². The topological polar surface area (TPSA) is 90.7 Å². The standard InChI is InChI=1S/C26H40N2O4S/c1-22(20-24-15-16-25(31-2)26(21-24)33(27,29)30)28-17-9-3-4-10-18-32-19-11-8-14-23-12-6-5-7-13-23/h5-7,12-13,15-16,21-22,28H,3-4,8-11,14,17-20H2,1-2H3,(H2,27,29,30). The molecule has 1 unspecified atom stereocenters. The van der Waals surface area contributed by atoms with Crippen molar-refractivity contribution in [3.05, 3.63) is 59.7 Å². The first-order valence-electron chi connectivity index (χ1n) is 11.9. The first-order valence-corrected chi connectivity index (χ1v) is 13.5. The normalized spacial score (nSPS) is 12.6. The van der Waals surface area contributed by atoms with Crippen LogP contribution in [0.4, 0.5) is 0 Å². The highest BCUT2D eigenvalue weighted by Crippen LogP contribution is 2.24. The molecule has 0 spiro atoms. The monoisotopic (exact) mass is 476 g/mol. The minimum absolute atomic E-state index is 0.0353. The van der Waals surface area contributed by atoms with E-state index in [1.54, 1.807) is 12.1 Å². The van der Waals surface area contributed by atoms with Crippen LogP contribution in [0.15, 0.2) is 53.4 Å². The summed E-state index contributed by atoms with van der Waals surface area (Å²) in [6.45, 7) is 4.75. The number of methoxy groups -OCH3 is 1. The average molecular weight is 477 g/mol. The van der Waals surface area contributed by atoms with Gasteiger partial charge in [0, 0.05) is 19.3 Å². The highest BCUT2D eigenvalue weighted by Gasteiger charge is 2.16. The van der Waals surface area contributed by atoms with E-state index in [2.05, 4.69) is 42.6 Å². The Kier molecular flexibility index (Phi) is 12.5. The third-order valence-electron chi connectivity index (χ3n) is 5.63. The summed E-state index contributed by atoms with van der Waals surface area (Å²) in [6.07, 6.45) is 8.72. The summed E-state index contributed by atoms with van der Waals surface area (Å²) in [5.74, 6) is 0.276. The summed E-state index contributed by atoms with van der Waals surface area (Å²) in [5, 5.41) is 8.81. The number of benzene rings is 2. The lowest BCUT2D eigenvalue weighted by Gasteiger charge is -2.15. The highest BCUT2D eigenvalue weighted by molar-refractivity contribution is 7.89. The van der Waals surface area contributed by atoms with E-state index in [1.165, 1.54) is 31.9 Å². The summed E-state index contributed by atoms with van der Waals surface area (Å²) in [7, 11) is -2.37. The largest absolute Gasteiger partial charge is 0.495 e. The van der Waals surface area contributed by atoms with Gasteiger partial charge < -0.3 is 14.8 Å². The van der Waals surface area contributed by atoms with Gasteiger partial charge in [0.25, 0.3) is 0 Å². The van der Waals surface area contributed by atoms with Crippen LogP contribution < -0.4 is 15.2 Å². The SMILES string of the molecule is COc1ccc(CC(C)NCCCCCCOCCCCc2ccccc2)cc1S(N)(=O)=O. The molecule has 1 atom stereocenters. The van der Waals surface area contributed by atoms with E-state index < -0.39 is 10.0 Å². The number of sulfonamides is 1. The molecule has 0 fully saturated rings. The van der Waals surface area contributed by atoms with Crippen molar-refractivity contribution < 1.29 is 17.9 Å². The first kappa shape index (κ1) is 27.3. The Hall–Kier alpha value is -1.93. The van der Waals surface area contributed by atoms with E-state index >= 15 is 0 Å². The number of nitrogens with two attached hydrogens (primary N) is 1. The molecule has 6 nitrogen and oxygen atoms in total. The van der Waals surface area contributed by atoms with E-state index in [0.717, 1.165) is 57.4 Å². The van der Waals surface area contributed by atoms with Crippen molar-refractivity contribution in [3.63, 3.8) is 0 Å². The molecule has 0 saturated heterocycles. The number of rotatable bonds is 17. The summed E-state index contributed by atoms with van der Waals surface area (Å²) in [6, 6.07) is 16.0. The summed E-state index contributed by atoms with van der Waals surface area (Å²) in [4.78, 5) is 0.0353. The number of aryl methyl sites for hydroxylation is 1. The van der Waals surface area contributed by atoms with Crippen molar-refractivity contribution in [1.29, 1.82) is 0 Å². The van der Waals surface area contributed by atoms with E-state index in [0.29, 0.717) is 0 Å². The fourth-order valence-corrected chi connectivity index (χ4v) is 4.55. The summed E-state index contributed by atoms with van der Waals surface area (Å²) < 4.78 is 34.4. The molecule has 0 heterocycles. The smallest absolute Gasteiger partial charge is 0.241 e. The lowest BCUT2D eigenvalue weighted by atomic mass is 10.1. The van der Waals surface area contributed by atoms with Gasteiger partial charge in [-0.2, -0.15) is 0 Å². The number of hydrogen-bond acceptors (Lipinski definition) is 5. The minimum atomic E-state index is -3.81. The molecule has 3 N–H and O–H groups in total. The van der Waals surface area contributed by atoms with Gasteiger partial charge in [-0.05, 0) is 75.3 Å². The Morgan fingerprint density at radius 3 is 2.30 bits per heavy atom. The van der Waals surface area contributed by atoms with Gasteiger partial charge in [0.15, 0.2) is 0 Å². The second-order valence-corrected chi connectivity index (χ2v) is 10.1. The highest BCUT2D eigenvalue weighted by atomic mass is 32.2. The molecule has 2 rings (SSSR count). The number of unbranched alkanes of at least 4 members (excludes halogenated alkanes) is 4. The lowest BCUT2D eigenvalue weighted by Crippen LogP contribution is -2.29. The number of ether oxygens (including phenoxy) is 2. The molecule has 33 heavy (non-hydrogen) atoms. The molecule has 0 bridgehead atoms. The zero-order chi connectivity index (χ0) is 23.9. The third-order valence-corrected chi connectivity index (χ3v) is 6.56. The molecule has 0 aliphatic rings. The predicted octanol–water partition coefficient (Wildman–Crippen LogP) is 4.46. The van der Waals surface area contributed by atoms with Crippen LogP contribution in [0.2, 0.25) is 0 Å². The van der Waals surface area contributed by atoms with Gasteiger partial charge in [0.05, 0.1) is 7.11 Å². The second-order valence-electron chi connectivity index (χ2n) is 8.56. The van der Waals surface area contributed by atoms with Crippen molar-refractivity contribution in [2.75, 3.05) is 26.9 Å². The lowest BCUT2D eigenvalue weighted by molar-refractivity contribution is 0.126. The Morgan fingerprint density at radius 2 is 1.61 bits per heavy atom. The van der Waals surface area contributed by atoms with Crippen LogP contribution >= 0.6 is 0 Å². The van der Waals surface area contributed by atoms with Gasteiger partial charge in [0.1, 0.15) is 10.6 Å². The predicted molar refractivity (Wildman–Crippen MR) is 134 cm³/mol.